The number of carbonyl (C=O) groups is 3. The standard InChI is InChI=1S/C27H39N3O5/c1-4-18(2)24(27(33)30-14-11-23-25(30)22(31)17-35-23)28-26(32)21-7-5-19(6-8-21)20-9-12-29(13-10-20)15-16-34-3/h5-8,18,20,23-25H,4,9-17H2,1-3H3,(H,28,32)/t18?,23-,24+,25-/m1/s1. The second kappa shape index (κ2) is 11.6. The van der Waals surface area contributed by atoms with Gasteiger partial charge in [-0.15, -0.1) is 0 Å². The zero-order valence-electron chi connectivity index (χ0n) is 21.2. The molecule has 1 unspecified atom stereocenters. The van der Waals surface area contributed by atoms with Gasteiger partial charge in [0.15, 0.2) is 5.78 Å². The van der Waals surface area contributed by atoms with Crippen LogP contribution < -0.4 is 5.32 Å². The van der Waals surface area contributed by atoms with Crippen molar-refractivity contribution in [2.24, 2.45) is 5.92 Å². The molecule has 1 N–H and O–H groups in total. The average molecular weight is 486 g/mol. The lowest BCUT2D eigenvalue weighted by Crippen LogP contribution is -2.54. The minimum atomic E-state index is -0.671. The van der Waals surface area contributed by atoms with E-state index in [1.165, 1.54) is 5.56 Å². The minimum Gasteiger partial charge on any atom is -0.383 e. The summed E-state index contributed by atoms with van der Waals surface area (Å²) >= 11 is 0. The normalized spacial score (nSPS) is 24.9. The Hall–Kier alpha value is -2.29. The quantitative estimate of drug-likeness (QED) is 0.577. The van der Waals surface area contributed by atoms with E-state index in [2.05, 4.69) is 10.2 Å². The summed E-state index contributed by atoms with van der Waals surface area (Å²) in [7, 11) is 1.73. The van der Waals surface area contributed by atoms with Crippen LogP contribution in [0.3, 0.4) is 0 Å². The molecule has 0 aromatic heterocycles. The highest BCUT2D eigenvalue weighted by molar-refractivity contribution is 5.99. The number of Topliss-reactive ketones (excluding diaryl/α,β-unsaturated/α-hetero) is 1. The first-order chi connectivity index (χ1) is 16.9. The molecule has 8 heteroatoms. The number of nitrogens with zero attached hydrogens (tertiary/aromatic N) is 2. The Kier molecular flexibility index (Phi) is 8.57. The van der Waals surface area contributed by atoms with Gasteiger partial charge in [0.1, 0.15) is 18.7 Å². The molecule has 0 saturated carbocycles. The first-order valence-corrected chi connectivity index (χ1v) is 13.0. The molecule has 3 aliphatic heterocycles. The van der Waals surface area contributed by atoms with Gasteiger partial charge >= 0.3 is 0 Å². The van der Waals surface area contributed by atoms with Crippen LogP contribution in [-0.2, 0) is 19.1 Å². The lowest BCUT2D eigenvalue weighted by molar-refractivity contribution is -0.139. The number of hydrogen-bond donors (Lipinski definition) is 1. The van der Waals surface area contributed by atoms with Gasteiger partial charge in [-0.25, -0.2) is 0 Å². The van der Waals surface area contributed by atoms with E-state index in [-0.39, 0.29) is 36.2 Å². The van der Waals surface area contributed by atoms with Crippen LogP contribution in [-0.4, -0.2) is 92.1 Å². The SMILES string of the molecule is CCC(C)[C@H](NC(=O)c1ccc(C2CCN(CCOC)CC2)cc1)C(=O)N1CC[C@H]2OCC(=O)[C@H]21. The van der Waals surface area contributed by atoms with Gasteiger partial charge in [0.2, 0.25) is 5.91 Å². The second-order valence-electron chi connectivity index (χ2n) is 10.1. The molecule has 3 aliphatic rings. The third-order valence-corrected chi connectivity index (χ3v) is 8.00. The van der Waals surface area contributed by atoms with Crippen molar-refractivity contribution < 1.29 is 23.9 Å². The summed E-state index contributed by atoms with van der Waals surface area (Å²) in [4.78, 5) is 42.9. The number of ether oxygens (including phenoxy) is 2. The lowest BCUT2D eigenvalue weighted by atomic mass is 9.89. The van der Waals surface area contributed by atoms with Crippen LogP contribution in [0.2, 0.25) is 0 Å². The smallest absolute Gasteiger partial charge is 0.251 e. The first-order valence-electron chi connectivity index (χ1n) is 13.0. The number of likely N-dealkylation sites (tertiary alicyclic amines) is 2. The fourth-order valence-corrected chi connectivity index (χ4v) is 5.54. The summed E-state index contributed by atoms with van der Waals surface area (Å²) in [5.41, 5.74) is 1.80. The number of carbonyl (C=O) groups excluding carboxylic acids is 3. The van der Waals surface area contributed by atoms with Gasteiger partial charge in [0.05, 0.1) is 12.7 Å². The zero-order chi connectivity index (χ0) is 24.9. The van der Waals surface area contributed by atoms with Crippen LogP contribution in [0.1, 0.15) is 61.4 Å². The van der Waals surface area contributed by atoms with Crippen molar-refractivity contribution in [2.45, 2.75) is 63.6 Å². The van der Waals surface area contributed by atoms with Crippen molar-refractivity contribution in [2.75, 3.05) is 46.5 Å². The van der Waals surface area contributed by atoms with E-state index in [1.807, 2.05) is 38.1 Å². The molecule has 3 fully saturated rings. The monoisotopic (exact) mass is 485 g/mol. The van der Waals surface area contributed by atoms with E-state index >= 15 is 0 Å². The third-order valence-electron chi connectivity index (χ3n) is 8.00. The van der Waals surface area contributed by atoms with Gasteiger partial charge in [-0.2, -0.15) is 0 Å². The summed E-state index contributed by atoms with van der Waals surface area (Å²) in [5.74, 6) is -0.0412. The van der Waals surface area contributed by atoms with E-state index in [0.29, 0.717) is 24.4 Å². The van der Waals surface area contributed by atoms with Crippen molar-refractivity contribution in [1.29, 1.82) is 0 Å². The van der Waals surface area contributed by atoms with Crippen LogP contribution in [0.15, 0.2) is 24.3 Å². The molecule has 8 nitrogen and oxygen atoms in total. The molecule has 0 bridgehead atoms. The number of fused-ring (bicyclic) bond motifs is 1. The number of nitrogens with one attached hydrogen (secondary N) is 1. The van der Waals surface area contributed by atoms with E-state index < -0.39 is 12.1 Å². The van der Waals surface area contributed by atoms with Crippen molar-refractivity contribution in [1.82, 2.24) is 15.1 Å². The highest BCUT2D eigenvalue weighted by atomic mass is 16.5. The second-order valence-corrected chi connectivity index (χ2v) is 10.1. The number of piperidine rings is 1. The maximum absolute atomic E-state index is 13.4. The highest BCUT2D eigenvalue weighted by Crippen LogP contribution is 2.30. The van der Waals surface area contributed by atoms with E-state index in [1.54, 1.807) is 12.0 Å². The minimum absolute atomic E-state index is 0.0461. The van der Waals surface area contributed by atoms with E-state index in [9.17, 15) is 14.4 Å². The summed E-state index contributed by atoms with van der Waals surface area (Å²) in [5, 5.41) is 2.98. The van der Waals surface area contributed by atoms with Crippen LogP contribution >= 0.6 is 0 Å². The molecule has 0 aliphatic carbocycles. The Morgan fingerprint density at radius 2 is 1.86 bits per heavy atom. The summed E-state index contributed by atoms with van der Waals surface area (Å²) in [6, 6.07) is 6.64. The Morgan fingerprint density at radius 3 is 2.51 bits per heavy atom. The van der Waals surface area contributed by atoms with Gasteiger partial charge < -0.3 is 24.6 Å². The van der Waals surface area contributed by atoms with Gasteiger partial charge in [-0.1, -0.05) is 32.4 Å². The van der Waals surface area contributed by atoms with Gasteiger partial charge in [-0.3, -0.25) is 14.4 Å². The van der Waals surface area contributed by atoms with Crippen molar-refractivity contribution in [3.8, 4) is 0 Å². The Balaban J connectivity index is 1.38. The Morgan fingerprint density at radius 1 is 1.14 bits per heavy atom. The molecular formula is C27H39N3O5. The predicted octanol–water partition coefficient (Wildman–Crippen LogP) is 2.23. The van der Waals surface area contributed by atoms with Crippen LogP contribution in [0, 0.1) is 5.92 Å². The van der Waals surface area contributed by atoms with Gasteiger partial charge in [-0.05, 0) is 61.9 Å². The maximum atomic E-state index is 13.4. The number of methoxy groups -OCH3 is 1. The molecule has 1 aromatic carbocycles. The number of hydrogen-bond acceptors (Lipinski definition) is 6. The Labute approximate surface area is 208 Å². The average Bonchev–Trinajstić information content (AvgIpc) is 3.48. The lowest BCUT2D eigenvalue weighted by Gasteiger charge is -2.32. The van der Waals surface area contributed by atoms with E-state index in [4.69, 9.17) is 9.47 Å². The highest BCUT2D eigenvalue weighted by Gasteiger charge is 2.48. The van der Waals surface area contributed by atoms with Crippen LogP contribution in [0.25, 0.3) is 0 Å². The number of rotatable bonds is 9. The molecule has 35 heavy (non-hydrogen) atoms. The fourth-order valence-electron chi connectivity index (χ4n) is 5.54. The van der Waals surface area contributed by atoms with Crippen LogP contribution in [0.4, 0.5) is 0 Å². The molecule has 4 rings (SSSR count). The molecule has 1 aromatic rings. The molecule has 0 radical (unpaired) electrons. The molecule has 192 valence electrons. The molecule has 3 saturated heterocycles. The van der Waals surface area contributed by atoms with Crippen LogP contribution in [0.5, 0.6) is 0 Å². The number of benzene rings is 1. The van der Waals surface area contributed by atoms with Crippen molar-refractivity contribution in [3.05, 3.63) is 35.4 Å². The van der Waals surface area contributed by atoms with Crippen molar-refractivity contribution >= 4 is 17.6 Å². The van der Waals surface area contributed by atoms with Gasteiger partial charge in [0, 0.05) is 25.8 Å². The summed E-state index contributed by atoms with van der Waals surface area (Å²) in [6.07, 6.45) is 3.39. The molecule has 0 spiro atoms. The number of ketones is 1. The van der Waals surface area contributed by atoms with Crippen molar-refractivity contribution in [3.63, 3.8) is 0 Å². The summed E-state index contributed by atoms with van der Waals surface area (Å²) in [6.45, 7) is 8.37. The van der Waals surface area contributed by atoms with E-state index in [0.717, 1.165) is 45.5 Å². The topological polar surface area (TPSA) is 88.2 Å². The molecule has 2 amide bonds. The number of amides is 2. The molecule has 3 heterocycles. The molecule has 4 atom stereocenters. The molecular weight excluding hydrogens is 446 g/mol. The zero-order valence-corrected chi connectivity index (χ0v) is 21.2. The van der Waals surface area contributed by atoms with Gasteiger partial charge in [0.25, 0.3) is 5.91 Å². The largest absolute Gasteiger partial charge is 0.383 e. The first kappa shape index (κ1) is 25.8. The Bertz CT molecular complexity index is 897. The third kappa shape index (κ3) is 5.76. The fraction of sp³-hybridized carbons (Fsp3) is 0.667. The maximum Gasteiger partial charge on any atom is 0.251 e. The summed E-state index contributed by atoms with van der Waals surface area (Å²) < 4.78 is 10.7. The predicted molar refractivity (Wildman–Crippen MR) is 132 cm³/mol.